The highest BCUT2D eigenvalue weighted by atomic mass is 79.9. The van der Waals surface area contributed by atoms with Gasteiger partial charge in [-0.2, -0.15) is 0 Å². The number of benzene rings is 1. The minimum atomic E-state index is 0.555. The average Bonchev–Trinajstić information content (AvgIpc) is 3.18. The number of aromatic nitrogens is 2. The van der Waals surface area contributed by atoms with Gasteiger partial charge >= 0.3 is 0 Å². The van der Waals surface area contributed by atoms with E-state index < -0.39 is 0 Å². The number of nitrogens with two attached hydrogens (primary N) is 1. The van der Waals surface area contributed by atoms with Crippen molar-refractivity contribution in [2.45, 2.75) is 32.1 Å². The summed E-state index contributed by atoms with van der Waals surface area (Å²) >= 11 is 3.50. The van der Waals surface area contributed by atoms with Gasteiger partial charge in [-0.3, -0.25) is 0 Å². The zero-order valence-corrected chi connectivity index (χ0v) is 12.4. The standard InChI is InChI=1S/C15H16BrN3/c1-9-3-2-4-10(7-9)8-12-18-14(11-5-6-11)13(16)15(17)19-12/h2-4,7,11H,5-6,8H2,1H3,(H2,17,18,19). The van der Waals surface area contributed by atoms with E-state index in [-0.39, 0.29) is 0 Å². The van der Waals surface area contributed by atoms with Crippen LogP contribution in [0, 0.1) is 6.92 Å². The third kappa shape index (κ3) is 2.78. The molecule has 1 aliphatic carbocycles. The van der Waals surface area contributed by atoms with E-state index in [0.29, 0.717) is 11.7 Å². The maximum atomic E-state index is 5.97. The van der Waals surface area contributed by atoms with Crippen molar-refractivity contribution in [3.05, 3.63) is 51.4 Å². The molecule has 1 saturated carbocycles. The molecule has 1 fully saturated rings. The zero-order valence-electron chi connectivity index (χ0n) is 10.9. The lowest BCUT2D eigenvalue weighted by Crippen LogP contribution is -2.05. The van der Waals surface area contributed by atoms with Crippen LogP contribution in [0.5, 0.6) is 0 Å². The van der Waals surface area contributed by atoms with Crippen LogP contribution in [0.4, 0.5) is 5.82 Å². The Morgan fingerprint density at radius 2 is 2.11 bits per heavy atom. The molecule has 1 aliphatic rings. The summed E-state index contributed by atoms with van der Waals surface area (Å²) in [6.07, 6.45) is 3.15. The summed E-state index contributed by atoms with van der Waals surface area (Å²) in [5.41, 5.74) is 9.53. The largest absolute Gasteiger partial charge is 0.383 e. The van der Waals surface area contributed by atoms with E-state index >= 15 is 0 Å². The first kappa shape index (κ1) is 12.6. The van der Waals surface area contributed by atoms with Crippen molar-refractivity contribution in [1.82, 2.24) is 9.97 Å². The third-order valence-corrected chi connectivity index (χ3v) is 4.17. The summed E-state index contributed by atoms with van der Waals surface area (Å²) in [6, 6.07) is 8.42. The molecule has 0 aliphatic heterocycles. The second-order valence-electron chi connectivity index (χ2n) is 5.16. The number of halogens is 1. The topological polar surface area (TPSA) is 51.8 Å². The molecule has 0 amide bonds. The Labute approximate surface area is 121 Å². The van der Waals surface area contributed by atoms with Gasteiger partial charge in [-0.25, -0.2) is 9.97 Å². The molecule has 3 nitrogen and oxygen atoms in total. The van der Waals surface area contributed by atoms with Crippen molar-refractivity contribution in [2.24, 2.45) is 0 Å². The van der Waals surface area contributed by atoms with Gasteiger partial charge in [0, 0.05) is 12.3 Å². The molecule has 19 heavy (non-hydrogen) atoms. The van der Waals surface area contributed by atoms with E-state index in [1.165, 1.54) is 24.0 Å². The summed E-state index contributed by atoms with van der Waals surface area (Å²) in [6.45, 7) is 2.09. The molecule has 0 atom stereocenters. The number of rotatable bonds is 3. The molecule has 4 heteroatoms. The van der Waals surface area contributed by atoms with E-state index in [2.05, 4.69) is 57.1 Å². The normalized spacial score (nSPS) is 14.6. The summed E-state index contributed by atoms with van der Waals surface area (Å²) in [5, 5.41) is 0. The molecule has 1 heterocycles. The summed E-state index contributed by atoms with van der Waals surface area (Å²) in [4.78, 5) is 9.07. The summed E-state index contributed by atoms with van der Waals surface area (Å²) in [5.74, 6) is 1.93. The van der Waals surface area contributed by atoms with Crippen LogP contribution in [0.25, 0.3) is 0 Å². The molecule has 0 saturated heterocycles. The number of aryl methyl sites for hydroxylation is 1. The monoisotopic (exact) mass is 317 g/mol. The fourth-order valence-corrected chi connectivity index (χ4v) is 2.74. The summed E-state index contributed by atoms with van der Waals surface area (Å²) in [7, 11) is 0. The van der Waals surface area contributed by atoms with Crippen LogP contribution in [0.2, 0.25) is 0 Å². The molecule has 1 aromatic heterocycles. The second kappa shape index (κ2) is 4.93. The van der Waals surface area contributed by atoms with Crippen LogP contribution < -0.4 is 5.73 Å². The predicted molar refractivity (Wildman–Crippen MR) is 80.1 cm³/mol. The predicted octanol–water partition coefficient (Wildman–Crippen LogP) is 3.60. The highest BCUT2D eigenvalue weighted by Crippen LogP contribution is 2.43. The van der Waals surface area contributed by atoms with Crippen LogP contribution in [-0.2, 0) is 6.42 Å². The van der Waals surface area contributed by atoms with Gasteiger partial charge in [-0.15, -0.1) is 0 Å². The fraction of sp³-hybridized carbons (Fsp3) is 0.333. The molecule has 0 radical (unpaired) electrons. The van der Waals surface area contributed by atoms with Gasteiger partial charge in [0.1, 0.15) is 11.6 Å². The Kier molecular flexibility index (Phi) is 3.27. The first-order valence-corrected chi connectivity index (χ1v) is 7.30. The van der Waals surface area contributed by atoms with Crippen LogP contribution in [0.3, 0.4) is 0 Å². The van der Waals surface area contributed by atoms with Crippen molar-refractivity contribution in [3.63, 3.8) is 0 Å². The lowest BCUT2D eigenvalue weighted by atomic mass is 10.1. The van der Waals surface area contributed by atoms with Gasteiger partial charge in [-0.05, 0) is 41.3 Å². The van der Waals surface area contributed by atoms with E-state index in [1.54, 1.807) is 0 Å². The number of nitrogen functional groups attached to an aromatic ring is 1. The third-order valence-electron chi connectivity index (χ3n) is 3.36. The van der Waals surface area contributed by atoms with Crippen LogP contribution in [-0.4, -0.2) is 9.97 Å². The molecule has 0 bridgehead atoms. The zero-order chi connectivity index (χ0) is 13.4. The molecule has 0 spiro atoms. The summed E-state index contributed by atoms with van der Waals surface area (Å²) < 4.78 is 0.878. The van der Waals surface area contributed by atoms with Crippen molar-refractivity contribution < 1.29 is 0 Å². The van der Waals surface area contributed by atoms with E-state index in [9.17, 15) is 0 Å². The van der Waals surface area contributed by atoms with Crippen LogP contribution >= 0.6 is 15.9 Å². The molecule has 3 rings (SSSR count). The Balaban J connectivity index is 1.92. The number of nitrogens with zero attached hydrogens (tertiary/aromatic N) is 2. The second-order valence-corrected chi connectivity index (χ2v) is 5.96. The molecule has 2 aromatic rings. The first-order valence-electron chi connectivity index (χ1n) is 6.51. The van der Waals surface area contributed by atoms with E-state index in [0.717, 1.165) is 22.4 Å². The van der Waals surface area contributed by atoms with Crippen LogP contribution in [0.1, 0.15) is 41.4 Å². The number of hydrogen-bond donors (Lipinski definition) is 1. The Morgan fingerprint density at radius 3 is 2.79 bits per heavy atom. The van der Waals surface area contributed by atoms with E-state index in [1.807, 2.05) is 0 Å². The van der Waals surface area contributed by atoms with Crippen LogP contribution in [0.15, 0.2) is 28.7 Å². The lowest BCUT2D eigenvalue weighted by Gasteiger charge is -2.08. The molecule has 2 N–H and O–H groups in total. The molecule has 1 aromatic carbocycles. The van der Waals surface area contributed by atoms with E-state index in [4.69, 9.17) is 5.73 Å². The van der Waals surface area contributed by atoms with Crippen molar-refractivity contribution in [2.75, 3.05) is 5.73 Å². The maximum absolute atomic E-state index is 5.97. The SMILES string of the molecule is Cc1cccc(Cc2nc(N)c(Br)c(C3CC3)n2)c1. The lowest BCUT2D eigenvalue weighted by molar-refractivity contribution is 0.895. The number of anilines is 1. The quantitative estimate of drug-likeness (QED) is 0.941. The van der Waals surface area contributed by atoms with Gasteiger partial charge in [0.05, 0.1) is 10.2 Å². The Hall–Kier alpha value is -1.42. The number of hydrogen-bond acceptors (Lipinski definition) is 3. The van der Waals surface area contributed by atoms with Gasteiger partial charge in [0.2, 0.25) is 0 Å². The average molecular weight is 318 g/mol. The minimum Gasteiger partial charge on any atom is -0.383 e. The molecular weight excluding hydrogens is 302 g/mol. The molecule has 0 unspecified atom stereocenters. The van der Waals surface area contributed by atoms with Crippen molar-refractivity contribution >= 4 is 21.7 Å². The Bertz CT molecular complexity index is 621. The highest BCUT2D eigenvalue weighted by molar-refractivity contribution is 9.10. The van der Waals surface area contributed by atoms with Gasteiger partial charge < -0.3 is 5.73 Å². The van der Waals surface area contributed by atoms with Crippen molar-refractivity contribution in [3.8, 4) is 0 Å². The highest BCUT2D eigenvalue weighted by Gasteiger charge is 2.28. The fourth-order valence-electron chi connectivity index (χ4n) is 2.24. The molecule has 98 valence electrons. The Morgan fingerprint density at radius 1 is 1.32 bits per heavy atom. The van der Waals surface area contributed by atoms with Gasteiger partial charge in [0.25, 0.3) is 0 Å². The minimum absolute atomic E-state index is 0.555. The van der Waals surface area contributed by atoms with Crippen molar-refractivity contribution in [1.29, 1.82) is 0 Å². The van der Waals surface area contributed by atoms with Gasteiger partial charge in [-0.1, -0.05) is 29.8 Å². The smallest absolute Gasteiger partial charge is 0.141 e. The first-order chi connectivity index (χ1) is 9.13. The maximum Gasteiger partial charge on any atom is 0.141 e. The molecular formula is C15H16BrN3. The van der Waals surface area contributed by atoms with Gasteiger partial charge in [0.15, 0.2) is 0 Å².